The molecule has 0 fully saturated rings. The van der Waals surface area contributed by atoms with Crippen molar-refractivity contribution < 1.29 is 26.5 Å². The van der Waals surface area contributed by atoms with Gasteiger partial charge in [0, 0.05) is 34.1 Å². The van der Waals surface area contributed by atoms with Crippen molar-refractivity contribution in [2.24, 2.45) is 0 Å². The predicted molar refractivity (Wildman–Crippen MR) is 136 cm³/mol. The van der Waals surface area contributed by atoms with Crippen molar-refractivity contribution in [1.29, 1.82) is 0 Å². The van der Waals surface area contributed by atoms with Crippen molar-refractivity contribution in [3.05, 3.63) is 62.7 Å². The lowest BCUT2D eigenvalue weighted by Crippen LogP contribution is -2.54. The van der Waals surface area contributed by atoms with Crippen LogP contribution in [0.15, 0.2) is 36.4 Å². The van der Waals surface area contributed by atoms with Gasteiger partial charge in [-0.1, -0.05) is 12.1 Å². The summed E-state index contributed by atoms with van der Waals surface area (Å²) >= 11 is 0.0718. The van der Waals surface area contributed by atoms with Crippen LogP contribution in [-0.2, 0) is 33.5 Å². The molecule has 0 spiro atoms. The Hall–Kier alpha value is -0.990. The van der Waals surface area contributed by atoms with E-state index in [1.165, 1.54) is 27.1 Å². The van der Waals surface area contributed by atoms with Crippen molar-refractivity contribution in [3.63, 3.8) is 0 Å². The maximum Gasteiger partial charge on any atom is 0.216 e. The molecule has 2 rings (SSSR count). The van der Waals surface area contributed by atoms with Crippen LogP contribution in [0.25, 0.3) is 0 Å². The molecule has 0 aromatic heterocycles. The maximum atomic E-state index is 14.9. The minimum atomic E-state index is -4.00. The largest absolute Gasteiger partial charge is 0.598 e. The van der Waals surface area contributed by atoms with Gasteiger partial charge in [0.05, 0.1) is 12.9 Å². The molecule has 0 heterocycles. The Kier molecular flexibility index (Phi) is 9.19. The lowest BCUT2D eigenvalue weighted by Gasteiger charge is -2.36. The smallest absolute Gasteiger partial charge is 0.216 e. The third kappa shape index (κ3) is 7.25. The molecule has 2 aromatic rings. The number of halogens is 3. The average molecular weight is 615 g/mol. The van der Waals surface area contributed by atoms with Gasteiger partial charge >= 0.3 is 0 Å². The number of hydrogen-bond donors (Lipinski definition) is 1. The van der Waals surface area contributed by atoms with Crippen molar-refractivity contribution in [3.8, 4) is 5.75 Å². The van der Waals surface area contributed by atoms with E-state index in [1.54, 1.807) is 45.0 Å². The molecule has 2 atom stereocenters. The minimum Gasteiger partial charge on any atom is -0.598 e. The second-order valence-corrected chi connectivity index (χ2v) is 14.2. The first kappa shape index (κ1) is 28.2. The van der Waals surface area contributed by atoms with Gasteiger partial charge in [-0.05, 0) is 80.1 Å². The summed E-state index contributed by atoms with van der Waals surface area (Å²) < 4.78 is 77.3. The van der Waals surface area contributed by atoms with E-state index in [0.29, 0.717) is 9.32 Å². The van der Waals surface area contributed by atoms with Crippen LogP contribution in [0.5, 0.6) is 5.75 Å². The summed E-state index contributed by atoms with van der Waals surface area (Å²) in [5, 5.41) is 0. The molecule has 33 heavy (non-hydrogen) atoms. The molecule has 184 valence electrons. The number of sulfonamides is 1. The molecule has 2 aromatic carbocycles. The molecule has 2 unspecified atom stereocenters. The molecular formula is C22H29F2IN2O4S2. The fourth-order valence-corrected chi connectivity index (χ4v) is 6.14. The monoisotopic (exact) mass is 614 g/mol. The van der Waals surface area contributed by atoms with Gasteiger partial charge in [0.25, 0.3) is 0 Å². The third-order valence-corrected chi connectivity index (χ3v) is 9.36. The Morgan fingerprint density at radius 3 is 2.24 bits per heavy atom. The summed E-state index contributed by atoms with van der Waals surface area (Å²) in [7, 11) is -1.06. The van der Waals surface area contributed by atoms with Gasteiger partial charge in [0.1, 0.15) is 16.0 Å². The van der Waals surface area contributed by atoms with Crippen molar-refractivity contribution in [1.82, 2.24) is 9.03 Å². The van der Waals surface area contributed by atoms with Gasteiger partial charge in [0.2, 0.25) is 10.0 Å². The van der Waals surface area contributed by atoms with Gasteiger partial charge in [-0.15, -0.1) is 4.72 Å². The number of nitrogens with zero attached hydrogens (tertiary/aromatic N) is 1. The number of ether oxygens (including phenoxy) is 1. The third-order valence-electron chi connectivity index (χ3n) is 4.97. The van der Waals surface area contributed by atoms with E-state index in [0.717, 1.165) is 15.9 Å². The molecular weight excluding hydrogens is 585 g/mol. The summed E-state index contributed by atoms with van der Waals surface area (Å²) in [5.74, 6) is -2.27. The van der Waals surface area contributed by atoms with E-state index in [4.69, 9.17) is 4.74 Å². The van der Waals surface area contributed by atoms with Crippen molar-refractivity contribution in [2.45, 2.75) is 44.5 Å². The molecule has 0 bridgehead atoms. The minimum absolute atomic E-state index is 0.0634. The van der Waals surface area contributed by atoms with Crippen LogP contribution in [0, 0.1) is 15.2 Å². The van der Waals surface area contributed by atoms with Crippen LogP contribution in [0.1, 0.15) is 38.8 Å². The highest BCUT2D eigenvalue weighted by atomic mass is 127. The summed E-state index contributed by atoms with van der Waals surface area (Å²) in [6, 6.07) is 9.31. The Morgan fingerprint density at radius 1 is 1.15 bits per heavy atom. The number of methoxy groups -OCH3 is 1. The Labute approximate surface area is 211 Å². The lowest BCUT2D eigenvalue weighted by atomic mass is 9.94. The topological polar surface area (TPSA) is 81.7 Å². The molecule has 0 saturated heterocycles. The Bertz CT molecular complexity index is 1080. The number of hydrogen-bond acceptors (Lipinski definition) is 5. The predicted octanol–water partition coefficient (Wildman–Crippen LogP) is 4.31. The molecule has 0 aliphatic heterocycles. The molecule has 1 N–H and O–H groups in total. The highest BCUT2D eigenvalue weighted by Crippen LogP contribution is 2.32. The molecule has 0 aliphatic rings. The van der Waals surface area contributed by atoms with Crippen LogP contribution in [0.2, 0.25) is 0 Å². The van der Waals surface area contributed by atoms with Gasteiger partial charge < -0.3 is 9.29 Å². The first-order valence-corrected chi connectivity index (χ1v) is 13.8. The molecule has 0 amide bonds. The maximum absolute atomic E-state index is 14.9. The van der Waals surface area contributed by atoms with Crippen molar-refractivity contribution in [2.75, 3.05) is 19.9 Å². The second-order valence-electron chi connectivity index (χ2n) is 8.92. The van der Waals surface area contributed by atoms with Gasteiger partial charge in [-0.3, -0.25) is 0 Å². The molecule has 0 saturated carbocycles. The highest BCUT2D eigenvalue weighted by Gasteiger charge is 2.43. The first-order valence-electron chi connectivity index (χ1n) is 10.0. The summed E-state index contributed by atoms with van der Waals surface area (Å²) in [6.07, 6.45) is 0. The van der Waals surface area contributed by atoms with E-state index in [1.807, 2.05) is 22.6 Å². The zero-order valence-corrected chi connectivity index (χ0v) is 23.2. The number of nitrogens with one attached hydrogen (secondary N) is 1. The normalized spacial score (nSPS) is 15.4. The van der Waals surface area contributed by atoms with Gasteiger partial charge in [0.15, 0.2) is 11.6 Å². The van der Waals surface area contributed by atoms with Crippen LogP contribution in [0.4, 0.5) is 8.78 Å². The molecule has 11 heteroatoms. The number of benzene rings is 2. The van der Waals surface area contributed by atoms with Gasteiger partial charge in [-0.2, -0.15) is 0 Å². The standard InChI is InChI=1S/C22H29F2IN2O4S2/c1-21(2,3)32(28)26-22(4,18-11-16(25)12-19(23)20(18)24)14-33(29,30)27(5)13-15-7-9-17(31-6)10-8-15/h7-12,26H,13-14H2,1-6H3. The fraction of sp³-hybridized carbons (Fsp3) is 0.455. The van der Waals surface area contributed by atoms with E-state index < -0.39 is 49.1 Å². The van der Waals surface area contributed by atoms with E-state index in [-0.39, 0.29) is 12.1 Å². The van der Waals surface area contributed by atoms with E-state index >= 15 is 0 Å². The lowest BCUT2D eigenvalue weighted by molar-refractivity contribution is 0.400. The summed E-state index contributed by atoms with van der Waals surface area (Å²) in [6.45, 7) is 6.59. The van der Waals surface area contributed by atoms with E-state index in [2.05, 4.69) is 4.72 Å². The van der Waals surface area contributed by atoms with Gasteiger partial charge in [-0.25, -0.2) is 21.5 Å². The SMILES string of the molecule is COc1ccc(CN(C)S(=O)(=O)CC(C)(N[S+]([O-])C(C)(C)C)c2cc(I)cc(F)c2F)cc1. The quantitative estimate of drug-likeness (QED) is 0.259. The van der Waals surface area contributed by atoms with E-state index in [9.17, 15) is 21.8 Å². The zero-order valence-electron chi connectivity index (χ0n) is 19.4. The highest BCUT2D eigenvalue weighted by molar-refractivity contribution is 14.1. The average Bonchev–Trinajstić information content (AvgIpc) is 2.69. The zero-order chi connectivity index (χ0) is 25.2. The Balaban J connectivity index is 2.44. The second kappa shape index (κ2) is 10.7. The Morgan fingerprint density at radius 2 is 1.73 bits per heavy atom. The van der Waals surface area contributed by atoms with Crippen LogP contribution in [0.3, 0.4) is 0 Å². The number of rotatable bonds is 9. The fourth-order valence-electron chi connectivity index (χ4n) is 3.04. The molecule has 6 nitrogen and oxygen atoms in total. The first-order chi connectivity index (χ1) is 15.1. The summed E-state index contributed by atoms with van der Waals surface area (Å²) in [5.41, 5.74) is -1.15. The molecule has 0 radical (unpaired) electrons. The van der Waals surface area contributed by atoms with Crippen LogP contribution >= 0.6 is 22.6 Å². The van der Waals surface area contributed by atoms with Crippen molar-refractivity contribution >= 4 is 44.0 Å². The van der Waals surface area contributed by atoms with Crippen LogP contribution in [-0.4, -0.2) is 41.9 Å². The molecule has 0 aliphatic carbocycles. The van der Waals surface area contributed by atoms with Crippen LogP contribution < -0.4 is 9.46 Å². The summed E-state index contributed by atoms with van der Waals surface area (Å²) in [4.78, 5) is 0.